The quantitative estimate of drug-likeness (QED) is 0.637. The molecule has 1 aliphatic carbocycles. The van der Waals surface area contributed by atoms with Gasteiger partial charge in [0.25, 0.3) is 5.69 Å². The van der Waals surface area contributed by atoms with Crippen LogP contribution in [0.15, 0.2) is 18.2 Å². The Morgan fingerprint density at radius 1 is 1.53 bits per heavy atom. The second-order valence-electron chi connectivity index (χ2n) is 3.94. The van der Waals surface area contributed by atoms with Crippen molar-refractivity contribution in [1.29, 1.82) is 0 Å². The molecule has 1 aromatic carbocycles. The lowest BCUT2D eigenvalue weighted by molar-refractivity contribution is -0.384. The average molecular weight is 228 g/mol. The van der Waals surface area contributed by atoms with Crippen LogP contribution in [0.25, 0.3) is 0 Å². The van der Waals surface area contributed by atoms with Crippen LogP contribution in [0.4, 0.5) is 5.69 Å². The molecule has 1 N–H and O–H groups in total. The van der Waals surface area contributed by atoms with Gasteiger partial charge in [-0.1, -0.05) is 17.7 Å². The fourth-order valence-electron chi connectivity index (χ4n) is 1.51. The van der Waals surface area contributed by atoms with Gasteiger partial charge in [-0.3, -0.25) is 10.1 Å². The van der Waals surface area contributed by atoms with Crippen LogP contribution in [0.5, 0.6) is 0 Å². The van der Waals surface area contributed by atoms with Crippen LogP contribution >= 0.6 is 11.6 Å². The molecule has 0 amide bonds. The van der Waals surface area contributed by atoms with Crippen LogP contribution in [0, 0.1) is 10.1 Å². The Morgan fingerprint density at radius 3 is 2.73 bits per heavy atom. The summed E-state index contributed by atoms with van der Waals surface area (Å²) in [5.41, 5.74) is 0.0198. The minimum Gasteiger partial charge on any atom is -0.390 e. The van der Waals surface area contributed by atoms with Crippen molar-refractivity contribution in [3.05, 3.63) is 38.9 Å². The van der Waals surface area contributed by atoms with Crippen LogP contribution in [0.1, 0.15) is 18.4 Å². The van der Waals surface area contributed by atoms with Crippen LogP contribution in [-0.4, -0.2) is 15.6 Å². The van der Waals surface area contributed by atoms with Gasteiger partial charge in [0.05, 0.1) is 10.5 Å². The summed E-state index contributed by atoms with van der Waals surface area (Å²) in [6.07, 6.45) is 2.00. The lowest BCUT2D eigenvalue weighted by Gasteiger charge is -2.07. The van der Waals surface area contributed by atoms with Gasteiger partial charge < -0.3 is 5.11 Å². The van der Waals surface area contributed by atoms with Crippen molar-refractivity contribution in [3.8, 4) is 0 Å². The minimum absolute atomic E-state index is 0.0987. The van der Waals surface area contributed by atoms with Gasteiger partial charge in [0.15, 0.2) is 0 Å². The van der Waals surface area contributed by atoms with Gasteiger partial charge in [-0.05, 0) is 24.5 Å². The summed E-state index contributed by atoms with van der Waals surface area (Å²) in [5.74, 6) is 0. The number of nitro benzene ring substituents is 1. The summed E-state index contributed by atoms with van der Waals surface area (Å²) >= 11 is 5.67. The van der Waals surface area contributed by atoms with E-state index in [9.17, 15) is 15.2 Å². The molecule has 0 bridgehead atoms. The highest BCUT2D eigenvalue weighted by Gasteiger charge is 2.40. The van der Waals surface area contributed by atoms with E-state index < -0.39 is 10.5 Å². The maximum absolute atomic E-state index is 10.6. The molecule has 1 saturated carbocycles. The van der Waals surface area contributed by atoms with Crippen molar-refractivity contribution in [2.75, 3.05) is 0 Å². The standard InChI is InChI=1S/C10H10ClNO3/c11-8-2-1-7(5-9(8)12(14)15)6-10(13)3-4-10/h1-2,5,13H,3-4,6H2. The topological polar surface area (TPSA) is 63.4 Å². The largest absolute Gasteiger partial charge is 0.390 e. The highest BCUT2D eigenvalue weighted by Crippen LogP contribution is 2.39. The second-order valence-corrected chi connectivity index (χ2v) is 4.35. The van der Waals surface area contributed by atoms with E-state index in [-0.39, 0.29) is 10.7 Å². The summed E-state index contributed by atoms with van der Waals surface area (Å²) in [6.45, 7) is 0. The predicted molar refractivity (Wildman–Crippen MR) is 56.0 cm³/mol. The third-order valence-electron chi connectivity index (χ3n) is 2.57. The van der Waals surface area contributed by atoms with Crippen LogP contribution in [0.3, 0.4) is 0 Å². The molecule has 0 aliphatic heterocycles. The molecule has 1 fully saturated rings. The van der Waals surface area contributed by atoms with E-state index in [1.165, 1.54) is 12.1 Å². The molecular formula is C10H10ClNO3. The SMILES string of the molecule is O=[N+]([O-])c1cc(CC2(O)CC2)ccc1Cl. The van der Waals surface area contributed by atoms with Crippen molar-refractivity contribution in [3.63, 3.8) is 0 Å². The van der Waals surface area contributed by atoms with Gasteiger partial charge in [-0.15, -0.1) is 0 Å². The van der Waals surface area contributed by atoms with E-state index in [0.29, 0.717) is 6.42 Å². The highest BCUT2D eigenvalue weighted by molar-refractivity contribution is 6.32. The third-order valence-corrected chi connectivity index (χ3v) is 2.89. The Morgan fingerprint density at radius 2 is 2.20 bits per heavy atom. The van der Waals surface area contributed by atoms with Crippen molar-refractivity contribution in [2.45, 2.75) is 24.9 Å². The molecule has 0 spiro atoms. The fraction of sp³-hybridized carbons (Fsp3) is 0.400. The maximum atomic E-state index is 10.6. The van der Waals surface area contributed by atoms with Gasteiger partial charge in [0, 0.05) is 12.5 Å². The van der Waals surface area contributed by atoms with Gasteiger partial charge in [-0.2, -0.15) is 0 Å². The number of nitro groups is 1. The number of nitrogens with zero attached hydrogens (tertiary/aromatic N) is 1. The molecule has 2 rings (SSSR count). The molecular weight excluding hydrogens is 218 g/mol. The van der Waals surface area contributed by atoms with Crippen molar-refractivity contribution < 1.29 is 10.0 Å². The number of hydrogen-bond acceptors (Lipinski definition) is 3. The maximum Gasteiger partial charge on any atom is 0.288 e. The third kappa shape index (κ3) is 2.27. The Bertz CT molecular complexity index is 415. The molecule has 80 valence electrons. The summed E-state index contributed by atoms with van der Waals surface area (Å²) in [5, 5.41) is 20.4. The van der Waals surface area contributed by atoms with E-state index in [1.54, 1.807) is 6.07 Å². The first-order valence-corrected chi connectivity index (χ1v) is 5.03. The number of benzene rings is 1. The summed E-state index contributed by atoms with van der Waals surface area (Å²) in [7, 11) is 0. The van der Waals surface area contributed by atoms with E-state index in [0.717, 1.165) is 18.4 Å². The molecule has 0 heterocycles. The molecule has 0 atom stereocenters. The first-order valence-electron chi connectivity index (χ1n) is 4.65. The van der Waals surface area contributed by atoms with Gasteiger partial charge in [0.2, 0.25) is 0 Å². The fourth-order valence-corrected chi connectivity index (χ4v) is 1.70. The van der Waals surface area contributed by atoms with Gasteiger partial charge in [-0.25, -0.2) is 0 Å². The molecule has 15 heavy (non-hydrogen) atoms. The Kier molecular flexibility index (Phi) is 2.40. The lowest BCUT2D eigenvalue weighted by Crippen LogP contribution is -2.10. The van der Waals surface area contributed by atoms with Gasteiger partial charge in [0.1, 0.15) is 5.02 Å². The van der Waals surface area contributed by atoms with E-state index in [2.05, 4.69) is 0 Å². The Hall–Kier alpha value is -1.13. The van der Waals surface area contributed by atoms with Crippen LogP contribution < -0.4 is 0 Å². The normalized spacial score (nSPS) is 17.5. The molecule has 0 aromatic heterocycles. The molecule has 5 heteroatoms. The summed E-state index contributed by atoms with van der Waals surface area (Å²) in [4.78, 5) is 10.1. The first kappa shape index (κ1) is 10.4. The highest BCUT2D eigenvalue weighted by atomic mass is 35.5. The summed E-state index contributed by atoms with van der Waals surface area (Å²) in [6, 6.07) is 4.64. The van der Waals surface area contributed by atoms with Crippen LogP contribution in [-0.2, 0) is 6.42 Å². The molecule has 0 saturated heterocycles. The first-order chi connectivity index (χ1) is 7.00. The number of rotatable bonds is 3. The average Bonchev–Trinajstić information content (AvgIpc) is 2.87. The van der Waals surface area contributed by atoms with Gasteiger partial charge >= 0.3 is 0 Å². The smallest absolute Gasteiger partial charge is 0.288 e. The van der Waals surface area contributed by atoms with Crippen LogP contribution in [0.2, 0.25) is 5.02 Å². The molecule has 1 aliphatic rings. The second kappa shape index (κ2) is 3.47. The van der Waals surface area contributed by atoms with E-state index in [1.807, 2.05) is 0 Å². The minimum atomic E-state index is -0.637. The predicted octanol–water partition coefficient (Wildman–Crippen LogP) is 2.32. The zero-order chi connectivity index (χ0) is 11.1. The van der Waals surface area contributed by atoms with E-state index >= 15 is 0 Å². The molecule has 4 nitrogen and oxygen atoms in total. The number of halogens is 1. The van der Waals surface area contributed by atoms with Crippen molar-refractivity contribution >= 4 is 17.3 Å². The zero-order valence-electron chi connectivity index (χ0n) is 7.94. The molecule has 0 unspecified atom stereocenters. The molecule has 0 radical (unpaired) electrons. The summed E-state index contributed by atoms with van der Waals surface area (Å²) < 4.78 is 0. The molecule has 1 aromatic rings. The van der Waals surface area contributed by atoms with Crippen molar-refractivity contribution in [1.82, 2.24) is 0 Å². The van der Waals surface area contributed by atoms with Crippen molar-refractivity contribution in [2.24, 2.45) is 0 Å². The lowest BCUT2D eigenvalue weighted by atomic mass is 10.1. The Labute approximate surface area is 91.6 Å². The zero-order valence-corrected chi connectivity index (χ0v) is 8.70. The monoisotopic (exact) mass is 227 g/mol. The number of hydrogen-bond donors (Lipinski definition) is 1. The number of aliphatic hydroxyl groups is 1. The Balaban J connectivity index is 2.26. The van der Waals surface area contributed by atoms with E-state index in [4.69, 9.17) is 11.6 Å².